The predicted octanol–water partition coefficient (Wildman–Crippen LogP) is 1.90. The molecular weight excluding hydrogens is 162 g/mol. The first-order valence-corrected chi connectivity index (χ1v) is 5.40. The summed E-state index contributed by atoms with van der Waals surface area (Å²) >= 11 is 0. The third-order valence-electron chi connectivity index (χ3n) is 3.42. The minimum atomic E-state index is 0.412. The molecule has 13 heavy (non-hydrogen) atoms. The van der Waals surface area contributed by atoms with Crippen LogP contribution in [0.15, 0.2) is 0 Å². The molecule has 3 unspecified atom stereocenters. The van der Waals surface area contributed by atoms with E-state index in [1.165, 1.54) is 6.42 Å². The van der Waals surface area contributed by atoms with Crippen molar-refractivity contribution in [3.8, 4) is 0 Å². The van der Waals surface area contributed by atoms with Crippen molar-refractivity contribution in [3.05, 3.63) is 0 Å². The van der Waals surface area contributed by atoms with Gasteiger partial charge in [0, 0.05) is 7.11 Å². The van der Waals surface area contributed by atoms with Crippen molar-refractivity contribution in [1.82, 2.24) is 5.32 Å². The van der Waals surface area contributed by atoms with Gasteiger partial charge in [0.2, 0.25) is 0 Å². The van der Waals surface area contributed by atoms with Crippen LogP contribution in [0.3, 0.4) is 0 Å². The Morgan fingerprint density at radius 3 is 2.46 bits per heavy atom. The third-order valence-corrected chi connectivity index (χ3v) is 3.42. The Bertz CT molecular complexity index is 147. The second kappa shape index (κ2) is 4.97. The second-order valence-corrected chi connectivity index (χ2v) is 4.51. The predicted molar refractivity (Wildman–Crippen MR) is 55.8 cm³/mol. The number of hydrogen-bond acceptors (Lipinski definition) is 2. The molecule has 1 rings (SSSR count). The summed E-state index contributed by atoms with van der Waals surface area (Å²) in [4.78, 5) is 0. The normalized spacial score (nSPS) is 32.1. The number of ether oxygens (including phenoxy) is 1. The van der Waals surface area contributed by atoms with Gasteiger partial charge in [0.15, 0.2) is 0 Å². The molecule has 2 nitrogen and oxygen atoms in total. The largest absolute Gasteiger partial charge is 0.381 e. The Labute approximate surface area is 82.0 Å². The van der Waals surface area contributed by atoms with Crippen LogP contribution in [0, 0.1) is 17.8 Å². The zero-order chi connectivity index (χ0) is 9.84. The van der Waals surface area contributed by atoms with Crippen LogP contribution < -0.4 is 5.32 Å². The van der Waals surface area contributed by atoms with E-state index in [0.717, 1.165) is 30.8 Å². The lowest BCUT2D eigenvalue weighted by Crippen LogP contribution is -2.43. The molecule has 1 saturated heterocycles. The van der Waals surface area contributed by atoms with E-state index in [2.05, 4.69) is 26.1 Å². The van der Waals surface area contributed by atoms with Crippen molar-refractivity contribution in [2.45, 2.75) is 33.3 Å². The zero-order valence-corrected chi connectivity index (χ0v) is 9.34. The first kappa shape index (κ1) is 11.0. The Kier molecular flexibility index (Phi) is 4.20. The highest BCUT2D eigenvalue weighted by Gasteiger charge is 2.31. The maximum atomic E-state index is 5.44. The average Bonchev–Trinajstić information content (AvgIpc) is 2.16. The Morgan fingerprint density at radius 1 is 1.23 bits per heavy atom. The van der Waals surface area contributed by atoms with Crippen LogP contribution >= 0.6 is 0 Å². The topological polar surface area (TPSA) is 21.3 Å². The molecule has 1 fully saturated rings. The fourth-order valence-corrected chi connectivity index (χ4v) is 2.39. The minimum Gasteiger partial charge on any atom is -0.381 e. The van der Waals surface area contributed by atoms with Gasteiger partial charge in [-0.3, -0.25) is 0 Å². The van der Waals surface area contributed by atoms with Crippen molar-refractivity contribution in [3.63, 3.8) is 0 Å². The van der Waals surface area contributed by atoms with Crippen LogP contribution in [0.4, 0.5) is 0 Å². The lowest BCUT2D eigenvalue weighted by molar-refractivity contribution is 0.0144. The number of piperidine rings is 1. The molecule has 0 aromatic heterocycles. The molecule has 1 heterocycles. The molecule has 2 heteroatoms. The molecule has 0 aromatic carbocycles. The molecule has 0 radical (unpaired) electrons. The number of methoxy groups -OCH3 is 1. The van der Waals surface area contributed by atoms with Gasteiger partial charge in [-0.25, -0.2) is 0 Å². The summed E-state index contributed by atoms with van der Waals surface area (Å²) < 4.78 is 5.44. The minimum absolute atomic E-state index is 0.412. The van der Waals surface area contributed by atoms with Gasteiger partial charge in [-0.05, 0) is 44.2 Å². The highest BCUT2D eigenvalue weighted by Crippen LogP contribution is 2.29. The summed E-state index contributed by atoms with van der Waals surface area (Å²) in [5.74, 6) is 2.28. The van der Waals surface area contributed by atoms with Crippen molar-refractivity contribution in [1.29, 1.82) is 0 Å². The molecule has 1 N–H and O–H groups in total. The van der Waals surface area contributed by atoms with E-state index in [-0.39, 0.29) is 0 Å². The quantitative estimate of drug-likeness (QED) is 0.725. The van der Waals surface area contributed by atoms with E-state index in [1.807, 2.05) is 7.11 Å². The highest BCUT2D eigenvalue weighted by atomic mass is 16.5. The molecule has 0 saturated carbocycles. The van der Waals surface area contributed by atoms with Crippen LogP contribution in [0.1, 0.15) is 27.2 Å². The van der Waals surface area contributed by atoms with Crippen LogP contribution in [0.5, 0.6) is 0 Å². The third kappa shape index (κ3) is 2.68. The van der Waals surface area contributed by atoms with Gasteiger partial charge >= 0.3 is 0 Å². The van der Waals surface area contributed by atoms with Crippen LogP contribution in [0.25, 0.3) is 0 Å². The van der Waals surface area contributed by atoms with Crippen LogP contribution in [-0.4, -0.2) is 26.3 Å². The Balaban J connectivity index is 2.56. The van der Waals surface area contributed by atoms with Crippen LogP contribution in [0.2, 0.25) is 0 Å². The van der Waals surface area contributed by atoms with E-state index in [4.69, 9.17) is 4.74 Å². The van der Waals surface area contributed by atoms with Gasteiger partial charge in [-0.2, -0.15) is 0 Å². The second-order valence-electron chi connectivity index (χ2n) is 4.51. The standard InChI is InChI=1S/C11H23NO/c1-8(2)11-7-12-6-5-10(11)9(3)13-4/h8-12H,5-7H2,1-4H3. The number of rotatable bonds is 3. The van der Waals surface area contributed by atoms with E-state index in [1.54, 1.807) is 0 Å². The average molecular weight is 185 g/mol. The van der Waals surface area contributed by atoms with Gasteiger partial charge in [0.25, 0.3) is 0 Å². The molecule has 0 bridgehead atoms. The molecule has 78 valence electrons. The molecule has 0 aliphatic carbocycles. The lowest BCUT2D eigenvalue weighted by Gasteiger charge is -2.37. The summed E-state index contributed by atoms with van der Waals surface area (Å²) in [6.45, 7) is 9.14. The van der Waals surface area contributed by atoms with E-state index < -0.39 is 0 Å². The van der Waals surface area contributed by atoms with Crippen LogP contribution in [-0.2, 0) is 4.74 Å². The zero-order valence-electron chi connectivity index (χ0n) is 9.34. The van der Waals surface area contributed by atoms with Gasteiger partial charge in [0.05, 0.1) is 6.10 Å². The van der Waals surface area contributed by atoms with Crippen molar-refractivity contribution >= 4 is 0 Å². The summed E-state index contributed by atoms with van der Waals surface area (Å²) in [6, 6.07) is 0. The first-order chi connectivity index (χ1) is 6.16. The van der Waals surface area contributed by atoms with Crippen molar-refractivity contribution in [2.24, 2.45) is 17.8 Å². The number of nitrogens with one attached hydrogen (secondary N) is 1. The Morgan fingerprint density at radius 2 is 1.92 bits per heavy atom. The molecule has 1 aliphatic heterocycles. The van der Waals surface area contributed by atoms with Gasteiger partial charge in [-0.1, -0.05) is 13.8 Å². The maximum Gasteiger partial charge on any atom is 0.0575 e. The first-order valence-electron chi connectivity index (χ1n) is 5.40. The van der Waals surface area contributed by atoms with E-state index >= 15 is 0 Å². The summed E-state index contributed by atoms with van der Waals surface area (Å²) in [5.41, 5.74) is 0. The molecular formula is C11H23NO. The van der Waals surface area contributed by atoms with Gasteiger partial charge in [-0.15, -0.1) is 0 Å². The SMILES string of the molecule is COC(C)C1CCNCC1C(C)C. The maximum absolute atomic E-state index is 5.44. The fraction of sp³-hybridized carbons (Fsp3) is 1.00. The smallest absolute Gasteiger partial charge is 0.0575 e. The fourth-order valence-electron chi connectivity index (χ4n) is 2.39. The summed E-state index contributed by atoms with van der Waals surface area (Å²) in [6.07, 6.45) is 1.67. The van der Waals surface area contributed by atoms with Gasteiger partial charge in [0.1, 0.15) is 0 Å². The van der Waals surface area contributed by atoms with E-state index in [0.29, 0.717) is 6.10 Å². The lowest BCUT2D eigenvalue weighted by atomic mass is 9.76. The molecule has 1 aliphatic rings. The van der Waals surface area contributed by atoms with Crippen molar-refractivity contribution < 1.29 is 4.74 Å². The summed E-state index contributed by atoms with van der Waals surface area (Å²) in [5, 5.41) is 3.47. The molecule has 0 spiro atoms. The van der Waals surface area contributed by atoms with Gasteiger partial charge < -0.3 is 10.1 Å². The van der Waals surface area contributed by atoms with Crippen molar-refractivity contribution in [2.75, 3.05) is 20.2 Å². The highest BCUT2D eigenvalue weighted by molar-refractivity contribution is 4.83. The summed E-state index contributed by atoms with van der Waals surface area (Å²) in [7, 11) is 1.82. The molecule has 0 aromatic rings. The van der Waals surface area contributed by atoms with E-state index in [9.17, 15) is 0 Å². The number of hydrogen-bond donors (Lipinski definition) is 1. The molecule has 0 amide bonds. The Hall–Kier alpha value is -0.0800. The monoisotopic (exact) mass is 185 g/mol. The molecule has 3 atom stereocenters.